The van der Waals surface area contributed by atoms with Crippen molar-refractivity contribution in [3.63, 3.8) is 0 Å². The van der Waals surface area contributed by atoms with Gasteiger partial charge in [-0.25, -0.2) is 9.78 Å². The second kappa shape index (κ2) is 10.6. The molecule has 38 heavy (non-hydrogen) atoms. The van der Waals surface area contributed by atoms with E-state index in [-0.39, 0.29) is 18.7 Å². The predicted octanol–water partition coefficient (Wildman–Crippen LogP) is 4.64. The smallest absolute Gasteiger partial charge is 0.389 e. The van der Waals surface area contributed by atoms with Gasteiger partial charge in [0.25, 0.3) is 0 Å². The highest BCUT2D eigenvalue weighted by molar-refractivity contribution is 5.91. The number of hydrogen-bond donors (Lipinski definition) is 3. The Hall–Kier alpha value is -3.05. The summed E-state index contributed by atoms with van der Waals surface area (Å²) >= 11 is 0. The van der Waals surface area contributed by atoms with E-state index in [4.69, 9.17) is 9.72 Å². The van der Waals surface area contributed by atoms with Gasteiger partial charge in [0.15, 0.2) is 0 Å². The molecule has 1 atom stereocenters. The van der Waals surface area contributed by atoms with Crippen molar-refractivity contribution >= 4 is 23.4 Å². The zero-order chi connectivity index (χ0) is 26.9. The maximum absolute atomic E-state index is 12.8. The molecule has 2 aliphatic heterocycles. The van der Waals surface area contributed by atoms with Crippen molar-refractivity contribution in [2.45, 2.75) is 44.3 Å². The van der Waals surface area contributed by atoms with Crippen molar-refractivity contribution in [3.8, 4) is 11.1 Å². The van der Waals surface area contributed by atoms with Gasteiger partial charge in [-0.2, -0.15) is 13.2 Å². The van der Waals surface area contributed by atoms with Crippen LogP contribution in [-0.2, 0) is 4.74 Å². The Labute approximate surface area is 220 Å². The summed E-state index contributed by atoms with van der Waals surface area (Å²) in [6.45, 7) is 5.11. The molecule has 0 unspecified atom stereocenters. The molecule has 11 heteroatoms. The number of carbonyl (C=O) groups is 1. The van der Waals surface area contributed by atoms with Crippen LogP contribution in [-0.4, -0.2) is 78.7 Å². The number of morpholine rings is 1. The lowest BCUT2D eigenvalue weighted by Crippen LogP contribution is -2.37. The molecule has 1 aliphatic carbocycles. The van der Waals surface area contributed by atoms with Crippen molar-refractivity contribution in [1.29, 1.82) is 0 Å². The zero-order valence-electron chi connectivity index (χ0n) is 21.5. The van der Waals surface area contributed by atoms with Gasteiger partial charge in [0.2, 0.25) is 0 Å². The van der Waals surface area contributed by atoms with Crippen molar-refractivity contribution in [1.82, 2.24) is 9.88 Å². The molecule has 0 radical (unpaired) electrons. The van der Waals surface area contributed by atoms with E-state index in [1.54, 1.807) is 6.07 Å². The summed E-state index contributed by atoms with van der Waals surface area (Å²) in [5.74, 6) is 0.921. The molecule has 3 N–H and O–H groups in total. The third-order valence-corrected chi connectivity index (χ3v) is 7.59. The summed E-state index contributed by atoms with van der Waals surface area (Å²) in [6.07, 6.45) is -2.99. The number of rotatable bonds is 7. The molecule has 8 nitrogen and oxygen atoms in total. The maximum Gasteiger partial charge on any atom is 0.389 e. The number of amides is 2. The Kier molecular flexibility index (Phi) is 7.41. The molecule has 0 spiro atoms. The van der Waals surface area contributed by atoms with Gasteiger partial charge in [0, 0.05) is 38.3 Å². The van der Waals surface area contributed by atoms with E-state index in [1.807, 2.05) is 31.2 Å². The first-order valence-corrected chi connectivity index (χ1v) is 13.1. The summed E-state index contributed by atoms with van der Waals surface area (Å²) in [6, 6.07) is 9.18. The van der Waals surface area contributed by atoms with E-state index in [1.165, 1.54) is 4.90 Å². The minimum Gasteiger partial charge on any atom is -0.394 e. The molecule has 0 bridgehead atoms. The van der Waals surface area contributed by atoms with Gasteiger partial charge in [-0.3, -0.25) is 0 Å². The van der Waals surface area contributed by atoms with Crippen molar-refractivity contribution < 1.29 is 27.8 Å². The SMILES string of the molecule is Cc1ccc(NC(=O)N2CC[C@@H](CC(F)(F)F)C2)cc1-c1cc(NC2(CO)CC2)nc(N2CCOCC2)c1. The van der Waals surface area contributed by atoms with Crippen LogP contribution in [0.25, 0.3) is 11.1 Å². The number of halogens is 3. The molecule has 206 valence electrons. The summed E-state index contributed by atoms with van der Waals surface area (Å²) < 4.78 is 43.8. The Morgan fingerprint density at radius 3 is 2.63 bits per heavy atom. The number of aromatic nitrogens is 1. The Morgan fingerprint density at radius 1 is 1.18 bits per heavy atom. The standard InChI is InChI=1S/C27H34F3N5O3/c1-18-2-3-21(31-25(37)35-7-4-19(16-35)15-27(28,29)30)14-22(18)20-12-23(33-26(17-36)5-6-26)32-24(13-20)34-8-10-38-11-9-34/h2-3,12-14,19,36H,4-11,15-17H2,1H3,(H,31,37)(H,32,33)/t19-/m0/s1. The lowest BCUT2D eigenvalue weighted by molar-refractivity contribution is -0.143. The van der Waals surface area contributed by atoms with Crippen molar-refractivity contribution in [3.05, 3.63) is 35.9 Å². The average molecular weight is 534 g/mol. The zero-order valence-corrected chi connectivity index (χ0v) is 21.5. The second-order valence-corrected chi connectivity index (χ2v) is 10.6. The molecular formula is C27H34F3N5O3. The highest BCUT2D eigenvalue weighted by Crippen LogP contribution is 2.40. The van der Waals surface area contributed by atoms with Gasteiger partial charge >= 0.3 is 12.2 Å². The molecular weight excluding hydrogens is 499 g/mol. The van der Waals surface area contributed by atoms with Gasteiger partial charge in [-0.1, -0.05) is 6.07 Å². The normalized spacial score (nSPS) is 20.9. The maximum atomic E-state index is 12.8. The number of nitrogens with zero attached hydrogens (tertiary/aromatic N) is 3. The monoisotopic (exact) mass is 533 g/mol. The summed E-state index contributed by atoms with van der Waals surface area (Å²) in [7, 11) is 0. The second-order valence-electron chi connectivity index (χ2n) is 10.6. The number of aryl methyl sites for hydroxylation is 1. The number of alkyl halides is 3. The lowest BCUT2D eigenvalue weighted by atomic mass is 10.00. The summed E-state index contributed by atoms with van der Waals surface area (Å²) in [5.41, 5.74) is 3.06. The van der Waals surface area contributed by atoms with Gasteiger partial charge in [-0.05, 0) is 73.1 Å². The number of aliphatic hydroxyl groups is 1. The van der Waals surface area contributed by atoms with Gasteiger partial charge < -0.3 is 30.3 Å². The summed E-state index contributed by atoms with van der Waals surface area (Å²) in [4.78, 5) is 21.3. The number of pyridine rings is 1. The number of ether oxygens (including phenoxy) is 1. The van der Waals surface area contributed by atoms with Crippen LogP contribution in [0, 0.1) is 12.8 Å². The van der Waals surface area contributed by atoms with Crippen LogP contribution in [0.5, 0.6) is 0 Å². The molecule has 3 fully saturated rings. The van der Waals surface area contributed by atoms with E-state index in [9.17, 15) is 23.1 Å². The van der Waals surface area contributed by atoms with Crippen LogP contribution in [0.3, 0.4) is 0 Å². The molecule has 3 heterocycles. The third kappa shape index (κ3) is 6.32. The fourth-order valence-corrected chi connectivity index (χ4v) is 5.16. The Bertz CT molecular complexity index is 1170. The predicted molar refractivity (Wildman–Crippen MR) is 139 cm³/mol. The topological polar surface area (TPSA) is 90.0 Å². The number of nitrogens with one attached hydrogen (secondary N) is 2. The number of anilines is 3. The lowest BCUT2D eigenvalue weighted by Gasteiger charge is -2.29. The highest BCUT2D eigenvalue weighted by Gasteiger charge is 2.42. The van der Waals surface area contributed by atoms with E-state index < -0.39 is 24.5 Å². The fourth-order valence-electron chi connectivity index (χ4n) is 5.16. The minimum absolute atomic E-state index is 0.0344. The molecule has 1 aromatic carbocycles. The van der Waals surface area contributed by atoms with Crippen LogP contribution < -0.4 is 15.5 Å². The van der Waals surface area contributed by atoms with Crippen molar-refractivity contribution in [2.24, 2.45) is 5.92 Å². The Balaban J connectivity index is 1.37. The minimum atomic E-state index is -4.22. The van der Waals surface area contributed by atoms with Crippen LogP contribution in [0.4, 0.5) is 35.3 Å². The molecule has 1 saturated carbocycles. The van der Waals surface area contributed by atoms with Crippen LogP contribution >= 0.6 is 0 Å². The molecule has 3 aliphatic rings. The van der Waals surface area contributed by atoms with E-state index in [0.717, 1.165) is 48.4 Å². The van der Waals surface area contributed by atoms with Crippen molar-refractivity contribution in [2.75, 3.05) is 61.5 Å². The number of hydrogen-bond acceptors (Lipinski definition) is 6. The highest BCUT2D eigenvalue weighted by atomic mass is 19.4. The van der Waals surface area contributed by atoms with E-state index in [2.05, 4.69) is 15.5 Å². The first kappa shape index (κ1) is 26.6. The first-order chi connectivity index (χ1) is 18.1. The van der Waals surface area contributed by atoms with Crippen LogP contribution in [0.1, 0.15) is 31.2 Å². The van der Waals surface area contributed by atoms with Crippen LogP contribution in [0.2, 0.25) is 0 Å². The number of likely N-dealkylation sites (tertiary alicyclic amines) is 1. The third-order valence-electron chi connectivity index (χ3n) is 7.59. The Morgan fingerprint density at radius 2 is 1.95 bits per heavy atom. The fraction of sp³-hybridized carbons (Fsp3) is 0.556. The quantitative estimate of drug-likeness (QED) is 0.481. The van der Waals surface area contributed by atoms with Gasteiger partial charge in [0.1, 0.15) is 11.6 Å². The molecule has 2 amide bonds. The van der Waals surface area contributed by atoms with E-state index >= 15 is 0 Å². The molecule has 2 aromatic rings. The average Bonchev–Trinajstić information content (AvgIpc) is 3.51. The molecule has 1 aromatic heterocycles. The number of aliphatic hydroxyl groups excluding tert-OH is 1. The summed E-state index contributed by atoms with van der Waals surface area (Å²) in [5, 5.41) is 16.1. The number of carbonyl (C=O) groups excluding carboxylic acids is 1. The number of urea groups is 1. The molecule has 2 saturated heterocycles. The van der Waals surface area contributed by atoms with E-state index in [0.29, 0.717) is 37.7 Å². The molecule has 5 rings (SSSR count). The largest absolute Gasteiger partial charge is 0.394 e. The van der Waals surface area contributed by atoms with Gasteiger partial charge in [-0.15, -0.1) is 0 Å². The van der Waals surface area contributed by atoms with Crippen LogP contribution in [0.15, 0.2) is 30.3 Å². The number of benzene rings is 1. The van der Waals surface area contributed by atoms with Gasteiger partial charge in [0.05, 0.1) is 25.4 Å². The first-order valence-electron chi connectivity index (χ1n) is 13.1.